The third-order valence-corrected chi connectivity index (χ3v) is 12.1. The first kappa shape index (κ1) is 38.2. The zero-order valence-corrected chi connectivity index (χ0v) is 31.8. The Morgan fingerprint density at radius 2 is 1.70 bits per heavy atom. The van der Waals surface area contributed by atoms with Gasteiger partial charge < -0.3 is 24.6 Å². The molecule has 1 saturated heterocycles. The Kier molecular flexibility index (Phi) is 10.4. The summed E-state index contributed by atoms with van der Waals surface area (Å²) in [5, 5.41) is 13.6. The fourth-order valence-corrected chi connectivity index (χ4v) is 9.11. The zero-order chi connectivity index (χ0) is 39.3. The number of nitrogens with zero attached hydrogens (tertiary/aromatic N) is 3. The number of likely N-dealkylation sites (tertiary alicyclic amines) is 1. The summed E-state index contributed by atoms with van der Waals surface area (Å²) in [6, 6.07) is 15.4. The number of rotatable bonds is 13. The number of benzene rings is 2. The monoisotopic (exact) mass is 790 g/mol. The molecule has 0 amide bonds. The lowest BCUT2D eigenvalue weighted by molar-refractivity contribution is -0.143. The summed E-state index contributed by atoms with van der Waals surface area (Å²) < 4.78 is 61.1. The van der Waals surface area contributed by atoms with E-state index in [2.05, 4.69) is 10.3 Å². The van der Waals surface area contributed by atoms with Crippen molar-refractivity contribution >= 4 is 23.4 Å². The minimum absolute atomic E-state index is 0.0259. The number of aliphatic carboxylic acids is 1. The van der Waals surface area contributed by atoms with Crippen molar-refractivity contribution in [2.24, 2.45) is 11.8 Å². The van der Waals surface area contributed by atoms with Crippen LogP contribution in [-0.2, 0) is 35.3 Å². The number of pyridine rings is 2. The molecule has 2 N–H and O–H groups in total. The number of aromatic nitrogens is 2. The molecular weight excluding hydrogens is 749 g/mol. The van der Waals surface area contributed by atoms with Crippen LogP contribution in [-0.4, -0.2) is 64.6 Å². The summed E-state index contributed by atoms with van der Waals surface area (Å²) in [7, 11) is 2.90. The van der Waals surface area contributed by atoms with Gasteiger partial charge in [0.25, 0.3) is 0 Å². The number of hydrogen-bond donors (Lipinski definition) is 2. The number of Topliss-reactive ketones (excluding diaryl/α,β-unsaturated/α-hetero) is 1. The highest BCUT2D eigenvalue weighted by Crippen LogP contribution is 2.50. The van der Waals surface area contributed by atoms with Crippen LogP contribution in [0.25, 0.3) is 22.4 Å². The second-order valence-corrected chi connectivity index (χ2v) is 15.5. The van der Waals surface area contributed by atoms with Crippen molar-refractivity contribution in [2.75, 3.05) is 20.8 Å². The predicted molar refractivity (Wildman–Crippen MR) is 202 cm³/mol. The number of carboxylic acid groups (broad SMARTS) is 1. The van der Waals surface area contributed by atoms with Crippen molar-refractivity contribution < 1.29 is 42.1 Å². The molecule has 2 aromatic carbocycles. The number of hydrogen-bond acceptors (Lipinski definition) is 9. The van der Waals surface area contributed by atoms with Crippen molar-refractivity contribution in [3.05, 3.63) is 87.4 Å². The smallest absolute Gasteiger partial charge is 0.421 e. The fourth-order valence-electron chi connectivity index (χ4n) is 8.79. The molecule has 0 unspecified atom stereocenters. The number of carboxylic acids is 1. The Bertz CT molecular complexity index is 2180. The molecule has 1 aliphatic heterocycles. The van der Waals surface area contributed by atoms with Crippen molar-refractivity contribution in [2.45, 2.75) is 82.4 Å². The van der Waals surface area contributed by atoms with E-state index in [1.54, 1.807) is 12.0 Å². The first-order valence-corrected chi connectivity index (χ1v) is 19.3. The SMILES string of the molecule is COc1nc(-c2cccc(-c3cccc4c3CC[C@@H]4Oc3nc(OC)c(CN4[C@@H]5C[C@@H]5C[C@H]4C(=O)O)cc3C(F)(F)F)c2Cl)ccc1CNC[C@@H]1CCC(=O)C1. The molecule has 5 atom stereocenters. The van der Waals surface area contributed by atoms with Crippen LogP contribution in [0.15, 0.2) is 54.6 Å². The Hall–Kier alpha value is -4.72. The van der Waals surface area contributed by atoms with E-state index in [9.17, 15) is 27.9 Å². The first-order valence-electron chi connectivity index (χ1n) is 18.9. The molecule has 3 heterocycles. The van der Waals surface area contributed by atoms with Gasteiger partial charge in [0, 0.05) is 54.2 Å². The van der Waals surface area contributed by atoms with Crippen LogP contribution in [0.4, 0.5) is 13.2 Å². The number of ether oxygens (including phenoxy) is 3. The van der Waals surface area contributed by atoms with Gasteiger partial charge in [0.1, 0.15) is 23.5 Å². The van der Waals surface area contributed by atoms with Crippen LogP contribution in [0.3, 0.4) is 0 Å². The highest BCUT2D eigenvalue weighted by atomic mass is 35.5. The maximum Gasteiger partial charge on any atom is 0.421 e. The number of fused-ring (bicyclic) bond motifs is 2. The summed E-state index contributed by atoms with van der Waals surface area (Å²) in [5.74, 6) is -0.241. The molecule has 2 aromatic heterocycles. The maximum absolute atomic E-state index is 14.6. The van der Waals surface area contributed by atoms with Gasteiger partial charge in [-0.05, 0) is 79.3 Å². The Labute approximate surface area is 327 Å². The molecule has 2 saturated carbocycles. The number of carbonyl (C=O) groups excluding carboxylic acids is 1. The number of piperidine rings is 1. The second kappa shape index (κ2) is 15.3. The number of ketones is 1. The second-order valence-electron chi connectivity index (χ2n) is 15.2. The van der Waals surface area contributed by atoms with Crippen LogP contribution in [0.5, 0.6) is 17.6 Å². The van der Waals surface area contributed by atoms with Gasteiger partial charge in [0.15, 0.2) is 0 Å². The van der Waals surface area contributed by atoms with Gasteiger partial charge in [-0.25, -0.2) is 4.98 Å². The van der Waals surface area contributed by atoms with Gasteiger partial charge in [0.2, 0.25) is 17.6 Å². The number of alkyl halides is 3. The van der Waals surface area contributed by atoms with Crippen molar-refractivity contribution in [1.29, 1.82) is 0 Å². The quantitative estimate of drug-likeness (QED) is 0.138. The van der Waals surface area contributed by atoms with Crippen LogP contribution >= 0.6 is 11.6 Å². The van der Waals surface area contributed by atoms with E-state index < -0.39 is 35.7 Å². The van der Waals surface area contributed by atoms with Gasteiger partial charge in [-0.1, -0.05) is 54.1 Å². The van der Waals surface area contributed by atoms with Crippen LogP contribution in [0.2, 0.25) is 5.02 Å². The zero-order valence-electron chi connectivity index (χ0n) is 31.0. The van der Waals surface area contributed by atoms with Crippen LogP contribution in [0, 0.1) is 11.8 Å². The Morgan fingerprint density at radius 3 is 2.43 bits per heavy atom. The highest BCUT2D eigenvalue weighted by Gasteiger charge is 2.54. The summed E-state index contributed by atoms with van der Waals surface area (Å²) >= 11 is 7.13. The maximum atomic E-state index is 14.6. The highest BCUT2D eigenvalue weighted by molar-refractivity contribution is 6.36. The molecule has 294 valence electrons. The molecule has 0 radical (unpaired) electrons. The molecule has 0 bridgehead atoms. The normalized spacial score (nSPS) is 22.9. The lowest BCUT2D eigenvalue weighted by Crippen LogP contribution is -2.38. The molecule has 8 rings (SSSR count). The molecule has 4 aliphatic rings. The summed E-state index contributed by atoms with van der Waals surface area (Å²) in [5.41, 5.74) is 4.56. The van der Waals surface area contributed by atoms with Crippen LogP contribution in [0.1, 0.15) is 72.4 Å². The van der Waals surface area contributed by atoms with Crippen molar-refractivity contribution in [3.8, 4) is 40.0 Å². The van der Waals surface area contributed by atoms with Gasteiger partial charge in [-0.2, -0.15) is 18.2 Å². The van der Waals surface area contributed by atoms with Gasteiger partial charge in [-0.3, -0.25) is 14.5 Å². The largest absolute Gasteiger partial charge is 0.481 e. The molecule has 10 nitrogen and oxygen atoms in total. The van der Waals surface area contributed by atoms with E-state index in [4.69, 9.17) is 30.8 Å². The molecule has 4 aromatic rings. The minimum atomic E-state index is -4.79. The Morgan fingerprint density at radius 1 is 0.946 bits per heavy atom. The van der Waals surface area contributed by atoms with Gasteiger partial charge >= 0.3 is 12.1 Å². The average molecular weight is 791 g/mol. The summed E-state index contributed by atoms with van der Waals surface area (Å²) in [6.07, 6.45) is -1.09. The van der Waals surface area contributed by atoms with E-state index in [-0.39, 0.29) is 29.9 Å². The molecule has 3 fully saturated rings. The molecule has 56 heavy (non-hydrogen) atoms. The summed E-state index contributed by atoms with van der Waals surface area (Å²) in [4.78, 5) is 34.3. The van der Waals surface area contributed by atoms with E-state index >= 15 is 0 Å². The summed E-state index contributed by atoms with van der Waals surface area (Å²) in [6.45, 7) is 1.26. The minimum Gasteiger partial charge on any atom is -0.481 e. The lowest BCUT2D eigenvalue weighted by atomic mass is 9.94. The molecule has 14 heteroatoms. The number of nitrogens with one attached hydrogen (secondary N) is 1. The van der Waals surface area contributed by atoms with Gasteiger partial charge in [-0.15, -0.1) is 0 Å². The standard InChI is InChI=1S/C42H42ClF3N4O6/c1-54-38-23(20-47-19-22-9-11-26(51)15-22)10-13-33(48-38)31-8-4-7-30(37(31)43)27-5-3-6-29-28(27)12-14-36(29)56-40-32(42(44,45)46)16-25(39(49-40)55-2)21-50-34-17-24(34)18-35(50)41(52)53/h3-8,10,13,16,22,24,34-36,47H,9,11-12,14-15,17-21H2,1-2H3,(H,52,53)/t22-,24-,34-,35+,36+/m1/s1. The predicted octanol–water partition coefficient (Wildman–Crippen LogP) is 8.07. The molecular formula is C42H42ClF3N4O6. The third-order valence-electron chi connectivity index (χ3n) is 11.7. The Balaban J connectivity index is 1.04. The lowest BCUT2D eigenvalue weighted by Gasteiger charge is -2.26. The van der Waals surface area contributed by atoms with Crippen molar-refractivity contribution in [1.82, 2.24) is 20.2 Å². The first-order chi connectivity index (χ1) is 26.9. The van der Waals surface area contributed by atoms with Gasteiger partial charge in [0.05, 0.1) is 24.9 Å². The van der Waals surface area contributed by atoms with E-state index in [1.165, 1.54) is 7.11 Å². The van der Waals surface area contributed by atoms with E-state index in [1.807, 2.05) is 48.5 Å². The fraction of sp³-hybridized carbons (Fsp3) is 0.429. The number of methoxy groups -OCH3 is 2. The molecule has 0 spiro atoms. The number of carbonyl (C=O) groups is 2. The third kappa shape index (κ3) is 7.44. The van der Waals surface area contributed by atoms with E-state index in [0.29, 0.717) is 72.5 Å². The van der Waals surface area contributed by atoms with Crippen molar-refractivity contribution in [3.63, 3.8) is 0 Å². The average Bonchev–Trinajstić information content (AvgIpc) is 3.42. The van der Waals surface area contributed by atoms with Crippen LogP contribution < -0.4 is 19.5 Å². The topological polar surface area (TPSA) is 123 Å². The number of halogens is 4. The van der Waals surface area contributed by atoms with E-state index in [0.717, 1.165) is 53.3 Å². The molecule has 3 aliphatic carbocycles.